The molecule has 2 amide bonds. The third-order valence-electron chi connectivity index (χ3n) is 3.99. The van der Waals surface area contributed by atoms with E-state index in [1.54, 1.807) is 45.0 Å². The lowest BCUT2D eigenvalue weighted by Gasteiger charge is -2.19. The molecule has 0 unspecified atom stereocenters. The van der Waals surface area contributed by atoms with E-state index in [-0.39, 0.29) is 5.91 Å². The van der Waals surface area contributed by atoms with E-state index in [4.69, 9.17) is 17.0 Å². The SMILES string of the molecule is CCCCC[C@@H](C)CNC(=S)NNC(=O)c1ccc(NC(=O)OC(C)(C)C)cc1. The van der Waals surface area contributed by atoms with Crippen molar-refractivity contribution in [2.75, 3.05) is 11.9 Å². The van der Waals surface area contributed by atoms with Gasteiger partial charge in [0, 0.05) is 17.8 Å². The summed E-state index contributed by atoms with van der Waals surface area (Å²) in [4.78, 5) is 24.0. The quantitative estimate of drug-likeness (QED) is 0.283. The molecular formula is C21H34N4O3S. The lowest BCUT2D eigenvalue weighted by molar-refractivity contribution is 0.0635. The zero-order valence-electron chi connectivity index (χ0n) is 18.1. The largest absolute Gasteiger partial charge is 0.444 e. The Kier molecular flexibility index (Phi) is 10.4. The third-order valence-corrected chi connectivity index (χ3v) is 4.24. The van der Waals surface area contributed by atoms with E-state index in [9.17, 15) is 9.59 Å². The molecule has 8 heteroatoms. The number of hydrogen-bond donors (Lipinski definition) is 4. The van der Waals surface area contributed by atoms with E-state index < -0.39 is 11.7 Å². The molecule has 0 spiro atoms. The maximum absolute atomic E-state index is 12.2. The molecule has 162 valence electrons. The summed E-state index contributed by atoms with van der Waals surface area (Å²) in [6.07, 6.45) is 4.28. The average Bonchev–Trinajstić information content (AvgIpc) is 2.63. The fraction of sp³-hybridized carbons (Fsp3) is 0.571. The van der Waals surface area contributed by atoms with Crippen molar-refractivity contribution in [2.24, 2.45) is 5.92 Å². The average molecular weight is 423 g/mol. The number of benzene rings is 1. The minimum Gasteiger partial charge on any atom is -0.444 e. The molecule has 0 fully saturated rings. The molecule has 4 N–H and O–H groups in total. The Balaban J connectivity index is 2.37. The van der Waals surface area contributed by atoms with Crippen molar-refractivity contribution in [1.29, 1.82) is 0 Å². The normalized spacial score (nSPS) is 11.9. The van der Waals surface area contributed by atoms with Crippen LogP contribution in [-0.2, 0) is 4.74 Å². The van der Waals surface area contributed by atoms with Crippen molar-refractivity contribution >= 4 is 35.0 Å². The van der Waals surface area contributed by atoms with Crippen LogP contribution >= 0.6 is 12.2 Å². The molecule has 29 heavy (non-hydrogen) atoms. The molecule has 1 atom stereocenters. The highest BCUT2D eigenvalue weighted by molar-refractivity contribution is 7.80. The number of rotatable bonds is 8. The molecular weight excluding hydrogens is 388 g/mol. The Hall–Kier alpha value is -2.35. The van der Waals surface area contributed by atoms with Crippen LogP contribution in [0.15, 0.2) is 24.3 Å². The lowest BCUT2D eigenvalue weighted by atomic mass is 10.0. The molecule has 0 radical (unpaired) electrons. The van der Waals surface area contributed by atoms with Crippen LogP contribution in [0.25, 0.3) is 0 Å². The van der Waals surface area contributed by atoms with Crippen molar-refractivity contribution in [3.63, 3.8) is 0 Å². The van der Waals surface area contributed by atoms with Gasteiger partial charge in [0.1, 0.15) is 5.60 Å². The number of hydrazine groups is 1. The van der Waals surface area contributed by atoms with Gasteiger partial charge in [-0.05, 0) is 69.6 Å². The summed E-state index contributed by atoms with van der Waals surface area (Å²) in [5.74, 6) is 0.191. The highest BCUT2D eigenvalue weighted by Gasteiger charge is 2.16. The Labute approximate surface area is 179 Å². The molecule has 1 aromatic carbocycles. The molecule has 0 bridgehead atoms. The van der Waals surface area contributed by atoms with Crippen molar-refractivity contribution < 1.29 is 14.3 Å². The maximum Gasteiger partial charge on any atom is 0.412 e. The van der Waals surface area contributed by atoms with E-state index in [1.165, 1.54) is 19.3 Å². The molecule has 0 saturated carbocycles. The van der Waals surface area contributed by atoms with Crippen LogP contribution in [-0.4, -0.2) is 29.3 Å². The third kappa shape index (κ3) is 11.3. The summed E-state index contributed by atoms with van der Waals surface area (Å²) in [6, 6.07) is 6.48. The molecule has 0 aromatic heterocycles. The first-order chi connectivity index (χ1) is 13.6. The van der Waals surface area contributed by atoms with E-state index in [0.717, 1.165) is 13.0 Å². The number of unbranched alkanes of at least 4 members (excludes halogenated alkanes) is 2. The van der Waals surface area contributed by atoms with Gasteiger partial charge in [-0.3, -0.25) is 21.0 Å². The molecule has 0 aliphatic carbocycles. The van der Waals surface area contributed by atoms with Crippen LogP contribution in [0.3, 0.4) is 0 Å². The molecule has 0 heterocycles. The van der Waals surface area contributed by atoms with Crippen LogP contribution in [0.2, 0.25) is 0 Å². The number of hydrogen-bond acceptors (Lipinski definition) is 4. The number of carbonyl (C=O) groups excluding carboxylic acids is 2. The summed E-state index contributed by atoms with van der Waals surface area (Å²) < 4.78 is 5.19. The van der Waals surface area contributed by atoms with Crippen molar-refractivity contribution in [3.8, 4) is 0 Å². The fourth-order valence-electron chi connectivity index (χ4n) is 2.47. The van der Waals surface area contributed by atoms with Gasteiger partial charge in [0.05, 0.1) is 0 Å². The first-order valence-electron chi connectivity index (χ1n) is 10.0. The number of carbonyl (C=O) groups is 2. The van der Waals surface area contributed by atoms with Crippen LogP contribution in [0, 0.1) is 5.92 Å². The first-order valence-corrected chi connectivity index (χ1v) is 10.5. The predicted octanol–water partition coefficient (Wildman–Crippen LogP) is 4.36. The van der Waals surface area contributed by atoms with Gasteiger partial charge in [0.2, 0.25) is 0 Å². The zero-order chi connectivity index (χ0) is 21.9. The number of anilines is 1. The fourth-order valence-corrected chi connectivity index (χ4v) is 2.60. The smallest absolute Gasteiger partial charge is 0.412 e. The summed E-state index contributed by atoms with van der Waals surface area (Å²) in [7, 11) is 0. The van der Waals surface area contributed by atoms with Gasteiger partial charge >= 0.3 is 6.09 Å². The van der Waals surface area contributed by atoms with E-state index in [2.05, 4.69) is 35.3 Å². The summed E-state index contributed by atoms with van der Waals surface area (Å²) in [5, 5.41) is 6.11. The van der Waals surface area contributed by atoms with Crippen LogP contribution < -0.4 is 21.5 Å². The van der Waals surface area contributed by atoms with Crippen molar-refractivity contribution in [2.45, 2.75) is 65.9 Å². The molecule has 1 aromatic rings. The van der Waals surface area contributed by atoms with Crippen LogP contribution in [0.1, 0.15) is 70.7 Å². The van der Waals surface area contributed by atoms with Crippen LogP contribution in [0.5, 0.6) is 0 Å². The number of thiocarbonyl (C=S) groups is 1. The minimum absolute atomic E-state index is 0.325. The summed E-state index contributed by atoms with van der Waals surface area (Å²) >= 11 is 5.19. The summed E-state index contributed by atoms with van der Waals surface area (Å²) in [5.41, 5.74) is 5.67. The Morgan fingerprint density at radius 2 is 1.76 bits per heavy atom. The molecule has 0 saturated heterocycles. The monoisotopic (exact) mass is 422 g/mol. The standard InChI is InChI=1S/C21H34N4O3S/c1-6-7-8-9-15(2)14-22-19(29)25-24-18(26)16-10-12-17(13-11-16)23-20(27)28-21(3,4)5/h10-13,15H,6-9,14H2,1-5H3,(H,23,27)(H,24,26)(H2,22,25,29)/t15-/m1/s1. The van der Waals surface area contributed by atoms with Crippen molar-refractivity contribution in [1.82, 2.24) is 16.2 Å². The van der Waals surface area contributed by atoms with E-state index >= 15 is 0 Å². The second kappa shape index (κ2) is 12.3. The zero-order valence-corrected chi connectivity index (χ0v) is 18.9. The second-order valence-corrected chi connectivity index (χ2v) is 8.50. The number of amides is 2. The second-order valence-electron chi connectivity index (χ2n) is 8.09. The highest BCUT2D eigenvalue weighted by Crippen LogP contribution is 2.13. The molecule has 1 rings (SSSR count). The topological polar surface area (TPSA) is 91.5 Å². The maximum atomic E-state index is 12.2. The Morgan fingerprint density at radius 3 is 2.34 bits per heavy atom. The van der Waals surface area contributed by atoms with Gasteiger partial charge in [-0.2, -0.15) is 0 Å². The predicted molar refractivity (Wildman–Crippen MR) is 121 cm³/mol. The first kappa shape index (κ1) is 24.7. The minimum atomic E-state index is -0.574. The molecule has 0 aliphatic heterocycles. The Morgan fingerprint density at radius 1 is 1.10 bits per heavy atom. The van der Waals surface area contributed by atoms with Gasteiger partial charge in [-0.25, -0.2) is 4.79 Å². The van der Waals surface area contributed by atoms with Gasteiger partial charge in [0.25, 0.3) is 5.91 Å². The summed E-state index contributed by atoms with van der Waals surface area (Å²) in [6.45, 7) is 10.5. The highest BCUT2D eigenvalue weighted by atomic mass is 32.1. The Bertz CT molecular complexity index is 671. The van der Waals surface area contributed by atoms with Crippen LogP contribution in [0.4, 0.5) is 10.5 Å². The van der Waals surface area contributed by atoms with Gasteiger partial charge < -0.3 is 10.1 Å². The number of ether oxygens (including phenoxy) is 1. The van der Waals surface area contributed by atoms with E-state index in [0.29, 0.717) is 22.3 Å². The number of nitrogens with one attached hydrogen (secondary N) is 4. The van der Waals surface area contributed by atoms with E-state index in [1.807, 2.05) is 0 Å². The van der Waals surface area contributed by atoms with Gasteiger partial charge in [-0.1, -0.05) is 33.1 Å². The molecule has 0 aliphatic rings. The van der Waals surface area contributed by atoms with Gasteiger partial charge in [0.15, 0.2) is 5.11 Å². The molecule has 7 nitrogen and oxygen atoms in total. The van der Waals surface area contributed by atoms with Gasteiger partial charge in [-0.15, -0.1) is 0 Å². The van der Waals surface area contributed by atoms with Crippen molar-refractivity contribution in [3.05, 3.63) is 29.8 Å². The lowest BCUT2D eigenvalue weighted by Crippen LogP contribution is -2.47.